The van der Waals surface area contributed by atoms with Gasteiger partial charge in [0.2, 0.25) is 10.0 Å². The van der Waals surface area contributed by atoms with Crippen molar-refractivity contribution < 1.29 is 12.8 Å². The third-order valence-corrected chi connectivity index (χ3v) is 7.35. The predicted molar refractivity (Wildman–Crippen MR) is 103 cm³/mol. The molecule has 1 saturated carbocycles. The summed E-state index contributed by atoms with van der Waals surface area (Å²) in [6.07, 6.45) is 4.52. The summed E-state index contributed by atoms with van der Waals surface area (Å²) in [4.78, 5) is 16.3. The molecule has 0 radical (unpaired) electrons. The molecular weight excluding hydrogens is 366 g/mol. The van der Waals surface area contributed by atoms with Crippen molar-refractivity contribution in [2.24, 2.45) is 18.9 Å². The minimum atomic E-state index is -3.68. The normalized spacial score (nSPS) is 23.9. The standard InChI is InChI=1S/C19H23N3O4S/c1-11-5-4-6-15(12(11)2)21-27(24,25)13-7-8-16-14(9-13)18-17(19(23)26-16)20-10-22(18)3/h7-12,15,21H,4-6H2,1-3H3/t11-,12+,15-/m1/s1. The molecular formula is C19H23N3O4S. The average molecular weight is 389 g/mol. The highest BCUT2D eigenvalue weighted by Gasteiger charge is 2.31. The van der Waals surface area contributed by atoms with Crippen molar-refractivity contribution in [2.45, 2.75) is 44.0 Å². The first-order chi connectivity index (χ1) is 12.8. The first-order valence-corrected chi connectivity index (χ1v) is 10.7. The van der Waals surface area contributed by atoms with Crippen molar-refractivity contribution in [1.29, 1.82) is 0 Å². The Balaban J connectivity index is 1.79. The summed E-state index contributed by atoms with van der Waals surface area (Å²) in [5.41, 5.74) is 0.576. The highest BCUT2D eigenvalue weighted by molar-refractivity contribution is 7.89. The number of imidazole rings is 1. The Hall–Kier alpha value is -2.19. The molecule has 0 bridgehead atoms. The van der Waals surface area contributed by atoms with Crippen LogP contribution < -0.4 is 10.3 Å². The lowest BCUT2D eigenvalue weighted by Crippen LogP contribution is -2.43. The number of aromatic nitrogens is 2. The second-order valence-corrected chi connectivity index (χ2v) is 9.31. The first-order valence-electron chi connectivity index (χ1n) is 9.18. The van der Waals surface area contributed by atoms with E-state index in [2.05, 4.69) is 23.6 Å². The van der Waals surface area contributed by atoms with Gasteiger partial charge in [0.1, 0.15) is 5.58 Å². The van der Waals surface area contributed by atoms with Gasteiger partial charge in [-0.25, -0.2) is 22.9 Å². The Morgan fingerprint density at radius 2 is 2.04 bits per heavy atom. The molecule has 0 aliphatic heterocycles. The zero-order valence-electron chi connectivity index (χ0n) is 15.6. The van der Waals surface area contributed by atoms with Crippen LogP contribution in [0.25, 0.3) is 22.0 Å². The summed E-state index contributed by atoms with van der Waals surface area (Å²) in [5.74, 6) is 0.780. The van der Waals surface area contributed by atoms with Crippen LogP contribution in [0.5, 0.6) is 0 Å². The van der Waals surface area contributed by atoms with Gasteiger partial charge in [0.05, 0.1) is 16.7 Å². The minimum absolute atomic E-state index is 0.0696. The molecule has 1 aromatic carbocycles. The maximum absolute atomic E-state index is 13.0. The molecule has 1 fully saturated rings. The number of hydrogen-bond donors (Lipinski definition) is 1. The van der Waals surface area contributed by atoms with E-state index in [0.717, 1.165) is 19.3 Å². The van der Waals surface area contributed by atoms with Gasteiger partial charge < -0.3 is 8.98 Å². The van der Waals surface area contributed by atoms with E-state index < -0.39 is 15.6 Å². The van der Waals surface area contributed by atoms with Gasteiger partial charge in [0, 0.05) is 18.5 Å². The maximum Gasteiger partial charge on any atom is 0.364 e. The van der Waals surface area contributed by atoms with Crippen LogP contribution in [0, 0.1) is 11.8 Å². The molecule has 27 heavy (non-hydrogen) atoms. The van der Waals surface area contributed by atoms with Crippen LogP contribution in [-0.2, 0) is 17.1 Å². The summed E-state index contributed by atoms with van der Waals surface area (Å²) >= 11 is 0. The minimum Gasteiger partial charge on any atom is -0.421 e. The topological polar surface area (TPSA) is 94.2 Å². The van der Waals surface area contributed by atoms with Crippen LogP contribution in [0.1, 0.15) is 33.1 Å². The lowest BCUT2D eigenvalue weighted by molar-refractivity contribution is 0.227. The Morgan fingerprint density at radius 3 is 2.81 bits per heavy atom. The number of benzene rings is 1. The van der Waals surface area contributed by atoms with Crippen molar-refractivity contribution in [3.63, 3.8) is 0 Å². The molecule has 0 saturated heterocycles. The van der Waals surface area contributed by atoms with Gasteiger partial charge in [0.15, 0.2) is 5.52 Å². The number of sulfonamides is 1. The van der Waals surface area contributed by atoms with Gasteiger partial charge in [-0.2, -0.15) is 0 Å². The fourth-order valence-corrected chi connectivity index (χ4v) is 5.40. The third-order valence-electron chi connectivity index (χ3n) is 5.86. The highest BCUT2D eigenvalue weighted by Crippen LogP contribution is 2.31. The Bertz CT molecular complexity index is 1180. The number of rotatable bonds is 3. The predicted octanol–water partition coefficient (Wildman–Crippen LogP) is 2.78. The van der Waals surface area contributed by atoms with Crippen LogP contribution in [0.15, 0.2) is 38.6 Å². The van der Waals surface area contributed by atoms with E-state index in [4.69, 9.17) is 4.42 Å². The Kier molecular flexibility index (Phi) is 4.35. The van der Waals surface area contributed by atoms with Crippen molar-refractivity contribution in [3.8, 4) is 0 Å². The van der Waals surface area contributed by atoms with Crippen molar-refractivity contribution in [3.05, 3.63) is 34.9 Å². The van der Waals surface area contributed by atoms with E-state index >= 15 is 0 Å². The smallest absolute Gasteiger partial charge is 0.364 e. The summed E-state index contributed by atoms with van der Waals surface area (Å²) in [7, 11) is -1.92. The van der Waals surface area contributed by atoms with Gasteiger partial charge >= 0.3 is 5.63 Å². The quantitative estimate of drug-likeness (QED) is 0.695. The van der Waals surface area contributed by atoms with Crippen molar-refractivity contribution in [1.82, 2.24) is 14.3 Å². The fraction of sp³-hybridized carbons (Fsp3) is 0.474. The first kappa shape index (κ1) is 18.2. The van der Waals surface area contributed by atoms with E-state index in [0.29, 0.717) is 22.4 Å². The monoisotopic (exact) mass is 389 g/mol. The molecule has 0 unspecified atom stereocenters. The van der Waals surface area contributed by atoms with Gasteiger partial charge in [-0.1, -0.05) is 26.7 Å². The molecule has 1 N–H and O–H groups in total. The molecule has 1 aliphatic carbocycles. The van der Waals surface area contributed by atoms with Gasteiger partial charge in [-0.3, -0.25) is 0 Å². The number of nitrogens with one attached hydrogen (secondary N) is 1. The average Bonchev–Trinajstić information content (AvgIpc) is 3.01. The number of fused-ring (bicyclic) bond motifs is 3. The van der Waals surface area contributed by atoms with E-state index in [-0.39, 0.29) is 22.4 Å². The summed E-state index contributed by atoms with van der Waals surface area (Å²) in [6, 6.07) is 4.50. The molecule has 4 rings (SSSR count). The molecule has 8 heteroatoms. The molecule has 7 nitrogen and oxygen atoms in total. The Morgan fingerprint density at radius 1 is 1.26 bits per heavy atom. The molecule has 1 aliphatic rings. The van der Waals surface area contributed by atoms with Crippen LogP contribution in [-0.4, -0.2) is 24.0 Å². The molecule has 3 atom stereocenters. The molecule has 3 aromatic rings. The molecule has 0 amide bonds. The van der Waals surface area contributed by atoms with Crippen LogP contribution in [0.4, 0.5) is 0 Å². The van der Waals surface area contributed by atoms with Crippen molar-refractivity contribution in [2.75, 3.05) is 0 Å². The van der Waals surface area contributed by atoms with E-state index in [1.54, 1.807) is 17.7 Å². The van der Waals surface area contributed by atoms with Gasteiger partial charge in [-0.05, 0) is 36.5 Å². The second kappa shape index (κ2) is 6.45. The molecule has 0 spiro atoms. The zero-order valence-corrected chi connectivity index (χ0v) is 16.4. The summed E-state index contributed by atoms with van der Waals surface area (Å²) < 4.78 is 35.9. The highest BCUT2D eigenvalue weighted by atomic mass is 32.2. The number of aryl methyl sites for hydroxylation is 1. The molecule has 2 heterocycles. The fourth-order valence-electron chi connectivity index (χ4n) is 4.01. The number of hydrogen-bond acceptors (Lipinski definition) is 5. The lowest BCUT2D eigenvalue weighted by Gasteiger charge is -2.34. The van der Waals surface area contributed by atoms with Gasteiger partial charge in [-0.15, -0.1) is 0 Å². The zero-order chi connectivity index (χ0) is 19.3. The van der Waals surface area contributed by atoms with Gasteiger partial charge in [0.25, 0.3) is 0 Å². The van der Waals surface area contributed by atoms with Crippen LogP contribution >= 0.6 is 0 Å². The van der Waals surface area contributed by atoms with Crippen LogP contribution in [0.3, 0.4) is 0 Å². The number of nitrogens with zero attached hydrogens (tertiary/aromatic N) is 2. The maximum atomic E-state index is 13.0. The largest absolute Gasteiger partial charge is 0.421 e. The molecule has 144 valence electrons. The SMILES string of the molecule is C[C@H]1[C@H](C)CCC[C@H]1NS(=O)(=O)c1ccc2oc(=O)c3ncn(C)c3c2c1. The van der Waals surface area contributed by atoms with E-state index in [9.17, 15) is 13.2 Å². The lowest BCUT2D eigenvalue weighted by atomic mass is 9.78. The molecule has 2 aromatic heterocycles. The van der Waals surface area contributed by atoms with E-state index in [1.807, 2.05) is 0 Å². The van der Waals surface area contributed by atoms with Crippen molar-refractivity contribution >= 4 is 32.0 Å². The summed E-state index contributed by atoms with van der Waals surface area (Å²) in [6.45, 7) is 4.27. The Labute approximate surface area is 157 Å². The summed E-state index contributed by atoms with van der Waals surface area (Å²) in [5, 5.41) is 0.553. The van der Waals surface area contributed by atoms with E-state index in [1.165, 1.54) is 18.5 Å². The van der Waals surface area contributed by atoms with Crippen LogP contribution in [0.2, 0.25) is 0 Å². The third kappa shape index (κ3) is 3.06. The second-order valence-electron chi connectivity index (χ2n) is 7.60.